The average molecular weight is 562 g/mol. The van der Waals surface area contributed by atoms with Crippen LogP contribution in [0.1, 0.15) is 49.4 Å². The van der Waals surface area contributed by atoms with E-state index in [1.807, 2.05) is 36.4 Å². The van der Waals surface area contributed by atoms with Gasteiger partial charge in [0.1, 0.15) is 17.2 Å². The number of anilines is 1. The molecule has 1 spiro atoms. The van der Waals surface area contributed by atoms with E-state index < -0.39 is 23.4 Å². The van der Waals surface area contributed by atoms with E-state index in [1.165, 1.54) is 0 Å². The Morgan fingerprint density at radius 1 is 0.878 bits per heavy atom. The van der Waals surface area contributed by atoms with E-state index in [2.05, 4.69) is 5.32 Å². The standard InChI is InChI=1S/C33H24ClN3O4/c1-41-23-16-10-19(11-17-23)27-28(32(40)36-22-14-12-21(34)13-15-22)37-29(24-7-3-2-6-20(24)18-35-37)33(27)30(38)25-8-4-5-9-26(25)31(33)39/h2-18,27-29H,1H3,(H,36,40)/t27-,28-,29+/m1/s1. The number of benzene rings is 4. The van der Waals surface area contributed by atoms with Gasteiger partial charge in [0, 0.05) is 27.8 Å². The number of nitrogens with zero attached hydrogens (tertiary/aromatic N) is 2. The van der Waals surface area contributed by atoms with Crippen molar-refractivity contribution in [2.45, 2.75) is 18.0 Å². The van der Waals surface area contributed by atoms with Crippen molar-refractivity contribution in [2.24, 2.45) is 10.5 Å². The maximum absolute atomic E-state index is 14.7. The zero-order valence-corrected chi connectivity index (χ0v) is 22.7. The molecule has 7 rings (SSSR count). The van der Waals surface area contributed by atoms with E-state index in [9.17, 15) is 14.4 Å². The third kappa shape index (κ3) is 3.59. The van der Waals surface area contributed by atoms with Crippen molar-refractivity contribution in [1.82, 2.24) is 5.01 Å². The molecule has 7 nitrogen and oxygen atoms in total. The van der Waals surface area contributed by atoms with Crippen LogP contribution in [0.2, 0.25) is 5.02 Å². The molecule has 2 aliphatic heterocycles. The Morgan fingerprint density at radius 3 is 2.17 bits per heavy atom. The van der Waals surface area contributed by atoms with Crippen LogP contribution < -0.4 is 10.1 Å². The summed E-state index contributed by atoms with van der Waals surface area (Å²) in [6.07, 6.45) is 1.69. The lowest BCUT2D eigenvalue weighted by Gasteiger charge is -2.36. The summed E-state index contributed by atoms with van der Waals surface area (Å²) in [5, 5.41) is 9.93. The second-order valence-corrected chi connectivity index (χ2v) is 10.9. The Balaban J connectivity index is 1.48. The summed E-state index contributed by atoms with van der Waals surface area (Å²) in [5.74, 6) is -1.23. The monoisotopic (exact) mass is 561 g/mol. The number of ketones is 2. The number of fused-ring (bicyclic) bond motifs is 5. The number of hydrazone groups is 1. The first-order valence-electron chi connectivity index (χ1n) is 13.3. The van der Waals surface area contributed by atoms with Crippen LogP contribution in [0.4, 0.5) is 5.69 Å². The van der Waals surface area contributed by atoms with Gasteiger partial charge in [0.05, 0.1) is 19.4 Å². The highest BCUT2D eigenvalue weighted by Gasteiger charge is 2.72. The first-order valence-corrected chi connectivity index (χ1v) is 13.6. The maximum atomic E-state index is 14.7. The molecule has 202 valence electrons. The van der Waals surface area contributed by atoms with Crippen LogP contribution in [0.15, 0.2) is 102 Å². The minimum absolute atomic E-state index is 0.303. The van der Waals surface area contributed by atoms with Gasteiger partial charge in [-0.15, -0.1) is 0 Å². The van der Waals surface area contributed by atoms with Crippen LogP contribution in [0.5, 0.6) is 5.75 Å². The van der Waals surface area contributed by atoms with Crippen LogP contribution in [0.25, 0.3) is 0 Å². The lowest BCUT2D eigenvalue weighted by Crippen LogP contribution is -2.44. The van der Waals surface area contributed by atoms with Crippen molar-refractivity contribution in [2.75, 3.05) is 12.4 Å². The molecule has 1 N–H and O–H groups in total. The number of methoxy groups -OCH3 is 1. The van der Waals surface area contributed by atoms with Gasteiger partial charge in [0.15, 0.2) is 11.6 Å². The number of amides is 1. The lowest BCUT2D eigenvalue weighted by molar-refractivity contribution is -0.121. The van der Waals surface area contributed by atoms with Gasteiger partial charge in [0.2, 0.25) is 5.91 Å². The molecule has 3 atom stereocenters. The normalized spacial score (nSPS) is 21.4. The third-order valence-corrected chi connectivity index (χ3v) is 8.68. The molecule has 1 amide bonds. The van der Waals surface area contributed by atoms with Gasteiger partial charge in [-0.1, -0.05) is 72.3 Å². The number of rotatable bonds is 4. The van der Waals surface area contributed by atoms with Crippen LogP contribution >= 0.6 is 11.6 Å². The molecule has 2 heterocycles. The first-order chi connectivity index (χ1) is 19.9. The summed E-state index contributed by atoms with van der Waals surface area (Å²) in [4.78, 5) is 43.7. The number of hydrogen-bond donors (Lipinski definition) is 1. The summed E-state index contributed by atoms with van der Waals surface area (Å²) in [5.41, 5.74) is 1.88. The van der Waals surface area contributed by atoms with E-state index in [4.69, 9.17) is 21.4 Å². The van der Waals surface area contributed by atoms with E-state index >= 15 is 0 Å². The molecule has 1 fully saturated rings. The number of Topliss-reactive ketones (excluding diaryl/α,β-unsaturated/α-hetero) is 2. The zero-order valence-electron chi connectivity index (χ0n) is 22.0. The summed E-state index contributed by atoms with van der Waals surface area (Å²) < 4.78 is 5.39. The number of halogens is 1. The van der Waals surface area contributed by atoms with Gasteiger partial charge in [0.25, 0.3) is 0 Å². The zero-order chi connectivity index (χ0) is 28.3. The molecule has 3 aliphatic rings. The lowest BCUT2D eigenvalue weighted by atomic mass is 9.63. The van der Waals surface area contributed by atoms with Gasteiger partial charge in [-0.05, 0) is 53.1 Å². The predicted molar refractivity (Wildman–Crippen MR) is 156 cm³/mol. The van der Waals surface area contributed by atoms with E-state index in [1.54, 1.807) is 79.0 Å². The van der Waals surface area contributed by atoms with Crippen molar-refractivity contribution >= 4 is 41.0 Å². The molecule has 8 heteroatoms. The molecule has 0 saturated carbocycles. The van der Waals surface area contributed by atoms with Crippen molar-refractivity contribution in [1.29, 1.82) is 0 Å². The predicted octanol–water partition coefficient (Wildman–Crippen LogP) is 5.91. The molecule has 41 heavy (non-hydrogen) atoms. The number of ether oxygens (including phenoxy) is 1. The highest BCUT2D eigenvalue weighted by molar-refractivity contribution is 6.31. The Bertz CT molecular complexity index is 1710. The van der Waals surface area contributed by atoms with Gasteiger partial charge in [-0.2, -0.15) is 5.10 Å². The summed E-state index contributed by atoms with van der Waals surface area (Å²) >= 11 is 6.08. The summed E-state index contributed by atoms with van der Waals surface area (Å²) in [7, 11) is 1.57. The average Bonchev–Trinajstić information content (AvgIpc) is 3.44. The molecular formula is C33H24ClN3O4. The van der Waals surface area contributed by atoms with Crippen molar-refractivity contribution in [3.8, 4) is 5.75 Å². The molecular weight excluding hydrogens is 538 g/mol. The number of carbonyl (C=O) groups excluding carboxylic acids is 3. The van der Waals surface area contributed by atoms with Crippen molar-refractivity contribution in [3.63, 3.8) is 0 Å². The highest BCUT2D eigenvalue weighted by atomic mass is 35.5. The smallest absolute Gasteiger partial charge is 0.249 e. The van der Waals surface area contributed by atoms with Crippen molar-refractivity contribution in [3.05, 3.63) is 130 Å². The summed E-state index contributed by atoms with van der Waals surface area (Å²) in [6, 6.07) is 26.7. The number of hydrogen-bond acceptors (Lipinski definition) is 6. The second kappa shape index (κ2) is 9.42. The number of carbonyl (C=O) groups is 3. The highest BCUT2D eigenvalue weighted by Crippen LogP contribution is 2.64. The molecule has 0 aromatic heterocycles. The van der Waals surface area contributed by atoms with Gasteiger partial charge in [-0.25, -0.2) is 0 Å². The van der Waals surface area contributed by atoms with Gasteiger partial charge >= 0.3 is 0 Å². The Hall–Kier alpha value is -4.75. The van der Waals surface area contributed by atoms with E-state index in [-0.39, 0.29) is 17.5 Å². The van der Waals surface area contributed by atoms with Crippen LogP contribution in [0, 0.1) is 5.41 Å². The fraction of sp³-hybridized carbons (Fsp3) is 0.152. The van der Waals surface area contributed by atoms with Crippen LogP contribution in [0.3, 0.4) is 0 Å². The second-order valence-electron chi connectivity index (χ2n) is 10.4. The summed E-state index contributed by atoms with van der Waals surface area (Å²) in [6.45, 7) is 0. The molecule has 1 saturated heterocycles. The topological polar surface area (TPSA) is 88.1 Å². The Kier molecular flexibility index (Phi) is 5.80. The van der Waals surface area contributed by atoms with Gasteiger partial charge in [-0.3, -0.25) is 19.4 Å². The largest absolute Gasteiger partial charge is 0.497 e. The van der Waals surface area contributed by atoms with Crippen LogP contribution in [-0.2, 0) is 4.79 Å². The molecule has 4 aromatic carbocycles. The van der Waals surface area contributed by atoms with E-state index in [0.717, 1.165) is 11.1 Å². The first kappa shape index (κ1) is 25.2. The fourth-order valence-electron chi connectivity index (χ4n) is 6.71. The molecule has 4 aromatic rings. The van der Waals surface area contributed by atoms with Crippen molar-refractivity contribution < 1.29 is 19.1 Å². The third-order valence-electron chi connectivity index (χ3n) is 8.43. The quantitative estimate of drug-likeness (QED) is 0.313. The SMILES string of the molecule is COc1ccc([C@@H]2[C@H](C(=O)Nc3ccc(Cl)cc3)N3N=Cc4ccccc4[C@H]3C23C(=O)c2ccccc2C3=O)cc1. The van der Waals surface area contributed by atoms with E-state index in [0.29, 0.717) is 33.1 Å². The molecule has 0 bridgehead atoms. The number of nitrogens with one attached hydrogen (secondary N) is 1. The minimum Gasteiger partial charge on any atom is -0.497 e. The molecule has 1 aliphatic carbocycles. The van der Waals surface area contributed by atoms with Crippen LogP contribution in [-0.4, -0.2) is 41.8 Å². The molecule has 0 radical (unpaired) electrons. The van der Waals surface area contributed by atoms with Gasteiger partial charge < -0.3 is 10.1 Å². The Labute approximate surface area is 241 Å². The Morgan fingerprint density at radius 2 is 1.51 bits per heavy atom. The fourth-order valence-corrected chi connectivity index (χ4v) is 6.84. The molecule has 0 unspecified atom stereocenters. The minimum atomic E-state index is -1.63. The maximum Gasteiger partial charge on any atom is 0.249 e.